The maximum atomic E-state index is 13.0. The number of carboxylic acid groups (broad SMARTS) is 1. The van der Waals surface area contributed by atoms with E-state index < -0.39 is 5.97 Å². The second kappa shape index (κ2) is 9.69. The van der Waals surface area contributed by atoms with Gasteiger partial charge in [0.05, 0.1) is 11.2 Å². The van der Waals surface area contributed by atoms with Gasteiger partial charge in [-0.2, -0.15) is 0 Å². The van der Waals surface area contributed by atoms with Gasteiger partial charge in [0, 0.05) is 17.8 Å². The number of ether oxygens (including phenoxy) is 2. The first-order valence-corrected chi connectivity index (χ1v) is 11.6. The van der Waals surface area contributed by atoms with Crippen LogP contribution in [0.3, 0.4) is 0 Å². The van der Waals surface area contributed by atoms with Crippen LogP contribution < -0.4 is 14.8 Å². The second-order valence-electron chi connectivity index (χ2n) is 8.71. The van der Waals surface area contributed by atoms with Gasteiger partial charge in [0.15, 0.2) is 11.5 Å². The van der Waals surface area contributed by atoms with Crippen molar-refractivity contribution in [1.29, 1.82) is 0 Å². The van der Waals surface area contributed by atoms with Crippen molar-refractivity contribution in [3.63, 3.8) is 0 Å². The molecule has 0 bridgehead atoms. The molecule has 2 aliphatic rings. The summed E-state index contributed by atoms with van der Waals surface area (Å²) in [5.74, 6) is 0.413. The van der Waals surface area contributed by atoms with Crippen LogP contribution in [0, 0.1) is 5.92 Å². The fraction of sp³-hybridized carbons (Fsp3) is 0.346. The van der Waals surface area contributed by atoms with E-state index in [4.69, 9.17) is 9.47 Å². The molecule has 8 heteroatoms. The van der Waals surface area contributed by atoms with Crippen molar-refractivity contribution in [3.05, 3.63) is 59.8 Å². The number of carbonyl (C=O) groups is 2. The molecule has 5 rings (SSSR count). The number of pyridine rings is 1. The molecular formula is C26H27N3O5. The van der Waals surface area contributed by atoms with Crippen LogP contribution in [0.4, 0.5) is 5.69 Å². The van der Waals surface area contributed by atoms with Gasteiger partial charge in [0.1, 0.15) is 18.9 Å². The summed E-state index contributed by atoms with van der Waals surface area (Å²) >= 11 is 0. The van der Waals surface area contributed by atoms with Gasteiger partial charge < -0.3 is 24.8 Å². The van der Waals surface area contributed by atoms with E-state index in [0.717, 1.165) is 55.8 Å². The number of hydrogen-bond donors (Lipinski definition) is 2. The highest BCUT2D eigenvalue weighted by atomic mass is 16.6. The highest BCUT2D eigenvalue weighted by molar-refractivity contribution is 6.02. The van der Waals surface area contributed by atoms with Crippen molar-refractivity contribution < 1.29 is 24.2 Å². The number of aromatic carboxylic acids is 1. The van der Waals surface area contributed by atoms with Crippen LogP contribution in [0.25, 0.3) is 10.9 Å². The molecule has 0 saturated carbocycles. The molecule has 8 nitrogen and oxygen atoms in total. The molecule has 0 aliphatic carbocycles. The number of fused-ring (bicyclic) bond motifs is 2. The lowest BCUT2D eigenvalue weighted by molar-refractivity contribution is -0.121. The standard InChI is InChI=1S/C26H27N3O5/c30-25(28-20-3-1-2-18-5-6-21(26(31)32)27-24(18)20)19-9-12-29(13-10-19)11-8-17-4-7-22-23(16-17)34-15-14-33-22/h1-7,16,19H,8-15H2,(H,28,30)(H,31,32). The molecule has 0 unspecified atom stereocenters. The third-order valence-electron chi connectivity index (χ3n) is 6.48. The summed E-state index contributed by atoms with van der Waals surface area (Å²) in [7, 11) is 0. The molecule has 1 saturated heterocycles. The van der Waals surface area contributed by atoms with Crippen LogP contribution in [-0.4, -0.2) is 59.7 Å². The number of nitrogens with zero attached hydrogens (tertiary/aromatic N) is 2. The first kappa shape index (κ1) is 22.2. The van der Waals surface area contributed by atoms with Crippen molar-refractivity contribution >= 4 is 28.5 Å². The molecule has 0 atom stereocenters. The lowest BCUT2D eigenvalue weighted by Gasteiger charge is -2.31. The van der Waals surface area contributed by atoms with Gasteiger partial charge in [-0.1, -0.05) is 24.3 Å². The summed E-state index contributed by atoms with van der Waals surface area (Å²) in [5, 5.41) is 13.0. The van der Waals surface area contributed by atoms with E-state index in [0.29, 0.717) is 24.4 Å². The Morgan fingerprint density at radius 2 is 1.82 bits per heavy atom. The second-order valence-corrected chi connectivity index (χ2v) is 8.71. The van der Waals surface area contributed by atoms with Gasteiger partial charge in [0.25, 0.3) is 0 Å². The summed E-state index contributed by atoms with van der Waals surface area (Å²) < 4.78 is 11.3. The number of likely N-dealkylation sites (tertiary alicyclic amines) is 1. The molecule has 0 spiro atoms. The Morgan fingerprint density at radius 3 is 2.62 bits per heavy atom. The van der Waals surface area contributed by atoms with E-state index in [-0.39, 0.29) is 17.5 Å². The molecule has 34 heavy (non-hydrogen) atoms. The van der Waals surface area contributed by atoms with Gasteiger partial charge >= 0.3 is 5.97 Å². The fourth-order valence-electron chi connectivity index (χ4n) is 4.55. The highest BCUT2D eigenvalue weighted by Crippen LogP contribution is 2.31. The Hall–Kier alpha value is -3.65. The minimum absolute atomic E-state index is 0.0403. The molecule has 1 fully saturated rings. The summed E-state index contributed by atoms with van der Waals surface area (Å²) in [6.45, 7) is 3.83. The third kappa shape index (κ3) is 4.82. The maximum absolute atomic E-state index is 13.0. The lowest BCUT2D eigenvalue weighted by atomic mass is 9.95. The topological polar surface area (TPSA) is 101 Å². The Balaban J connectivity index is 1.16. The normalized spacial score (nSPS) is 16.4. The molecule has 176 valence electrons. The van der Waals surface area contributed by atoms with Gasteiger partial charge in [-0.15, -0.1) is 0 Å². The van der Waals surface area contributed by atoms with E-state index in [2.05, 4.69) is 27.3 Å². The Kier molecular flexibility index (Phi) is 6.31. The molecule has 3 heterocycles. The van der Waals surface area contributed by atoms with Crippen LogP contribution in [0.5, 0.6) is 11.5 Å². The average Bonchev–Trinajstić information content (AvgIpc) is 2.87. The molecule has 2 aromatic carbocycles. The number of aromatic nitrogens is 1. The molecule has 3 aromatic rings. The van der Waals surface area contributed by atoms with Crippen molar-refractivity contribution in [1.82, 2.24) is 9.88 Å². The predicted octanol–water partition coefficient (Wildman–Crippen LogP) is 3.60. The Morgan fingerprint density at radius 1 is 1.03 bits per heavy atom. The fourth-order valence-corrected chi connectivity index (χ4v) is 4.55. The number of benzene rings is 2. The van der Waals surface area contributed by atoms with Crippen LogP contribution in [-0.2, 0) is 11.2 Å². The minimum Gasteiger partial charge on any atom is -0.486 e. The van der Waals surface area contributed by atoms with Crippen molar-refractivity contribution in [3.8, 4) is 11.5 Å². The predicted molar refractivity (Wildman–Crippen MR) is 128 cm³/mol. The maximum Gasteiger partial charge on any atom is 0.354 e. The Bertz CT molecular complexity index is 1220. The van der Waals surface area contributed by atoms with Gasteiger partial charge in [-0.25, -0.2) is 9.78 Å². The van der Waals surface area contributed by atoms with Crippen LogP contribution >= 0.6 is 0 Å². The van der Waals surface area contributed by atoms with Gasteiger partial charge in [0.2, 0.25) is 5.91 Å². The largest absolute Gasteiger partial charge is 0.486 e. The minimum atomic E-state index is -1.09. The zero-order valence-corrected chi connectivity index (χ0v) is 18.8. The zero-order chi connectivity index (χ0) is 23.5. The number of anilines is 1. The van der Waals surface area contributed by atoms with Crippen molar-refractivity contribution in [2.45, 2.75) is 19.3 Å². The molecular weight excluding hydrogens is 434 g/mol. The smallest absolute Gasteiger partial charge is 0.354 e. The van der Waals surface area contributed by atoms with Crippen molar-refractivity contribution in [2.24, 2.45) is 5.92 Å². The molecule has 2 N–H and O–H groups in total. The van der Waals surface area contributed by atoms with Crippen LogP contribution in [0.15, 0.2) is 48.5 Å². The first-order valence-electron chi connectivity index (χ1n) is 11.6. The van der Waals surface area contributed by atoms with E-state index in [9.17, 15) is 14.7 Å². The zero-order valence-electron chi connectivity index (χ0n) is 18.8. The molecule has 1 amide bonds. The highest BCUT2D eigenvalue weighted by Gasteiger charge is 2.25. The summed E-state index contributed by atoms with van der Waals surface area (Å²) in [6.07, 6.45) is 2.48. The third-order valence-corrected chi connectivity index (χ3v) is 6.48. The van der Waals surface area contributed by atoms with Gasteiger partial charge in [-0.3, -0.25) is 4.79 Å². The Labute approximate surface area is 197 Å². The summed E-state index contributed by atoms with van der Waals surface area (Å²) in [4.78, 5) is 30.9. The monoisotopic (exact) mass is 461 g/mol. The van der Waals surface area contributed by atoms with E-state index in [1.807, 2.05) is 18.2 Å². The number of carboxylic acids is 1. The van der Waals surface area contributed by atoms with E-state index >= 15 is 0 Å². The first-order chi connectivity index (χ1) is 16.6. The van der Waals surface area contributed by atoms with Gasteiger partial charge in [-0.05, 0) is 62.2 Å². The average molecular weight is 462 g/mol. The molecule has 2 aliphatic heterocycles. The van der Waals surface area contributed by atoms with Crippen LogP contribution in [0.1, 0.15) is 28.9 Å². The summed E-state index contributed by atoms with van der Waals surface area (Å²) in [5.41, 5.74) is 2.22. The quantitative estimate of drug-likeness (QED) is 0.578. The van der Waals surface area contributed by atoms with E-state index in [1.165, 1.54) is 11.6 Å². The number of carbonyl (C=O) groups excluding carboxylic acids is 1. The SMILES string of the molecule is O=C(O)c1ccc2cccc(NC(=O)C3CCN(CCc4ccc5c(c4)OCCO5)CC3)c2n1. The summed E-state index contributed by atoms with van der Waals surface area (Å²) in [6, 6.07) is 14.7. The number of amides is 1. The number of rotatable bonds is 6. The van der Waals surface area contributed by atoms with Crippen LogP contribution in [0.2, 0.25) is 0 Å². The van der Waals surface area contributed by atoms with E-state index in [1.54, 1.807) is 12.1 Å². The molecule has 1 aromatic heterocycles. The number of para-hydroxylation sites is 1. The molecule has 0 radical (unpaired) electrons. The number of hydrogen-bond acceptors (Lipinski definition) is 6. The van der Waals surface area contributed by atoms with Crippen molar-refractivity contribution in [2.75, 3.05) is 38.2 Å². The number of nitrogens with one attached hydrogen (secondary N) is 1. The number of piperidine rings is 1. The lowest BCUT2D eigenvalue weighted by Crippen LogP contribution is -2.39.